The topological polar surface area (TPSA) is 60.1 Å². The van der Waals surface area contributed by atoms with Crippen LogP contribution in [-0.2, 0) is 16.9 Å². The molecular weight excluding hydrogens is 338 g/mol. The fraction of sp³-hybridized carbons (Fsp3) is 0.273. The van der Waals surface area contributed by atoms with E-state index >= 15 is 0 Å². The zero-order chi connectivity index (χ0) is 18.9. The molecular formula is C22H21N3O2. The van der Waals surface area contributed by atoms with Crippen LogP contribution in [0.25, 0.3) is 0 Å². The Hall–Kier alpha value is -3.10. The third kappa shape index (κ3) is 2.70. The highest BCUT2D eigenvalue weighted by atomic mass is 16.5. The van der Waals surface area contributed by atoms with Crippen LogP contribution in [0.15, 0.2) is 61.2 Å². The summed E-state index contributed by atoms with van der Waals surface area (Å²) >= 11 is 0. The van der Waals surface area contributed by atoms with Gasteiger partial charge in [0.25, 0.3) is 0 Å². The van der Waals surface area contributed by atoms with Crippen LogP contribution in [0, 0.1) is 11.3 Å². The Bertz CT molecular complexity index is 974. The van der Waals surface area contributed by atoms with Gasteiger partial charge in [0.2, 0.25) is 0 Å². The van der Waals surface area contributed by atoms with E-state index in [2.05, 4.69) is 34.7 Å². The van der Waals surface area contributed by atoms with Gasteiger partial charge in [0, 0.05) is 12.4 Å². The van der Waals surface area contributed by atoms with Crippen molar-refractivity contribution in [1.29, 1.82) is 5.26 Å². The number of aromatic nitrogens is 2. The Morgan fingerprint density at radius 3 is 2.74 bits per heavy atom. The predicted molar refractivity (Wildman–Crippen MR) is 101 cm³/mol. The van der Waals surface area contributed by atoms with E-state index in [1.807, 2.05) is 42.9 Å². The highest BCUT2D eigenvalue weighted by molar-refractivity contribution is 5.49. The second-order valence-electron chi connectivity index (χ2n) is 6.67. The molecule has 2 aromatic carbocycles. The lowest BCUT2D eigenvalue weighted by atomic mass is 9.78. The van der Waals surface area contributed by atoms with Crippen molar-refractivity contribution >= 4 is 0 Å². The monoisotopic (exact) mass is 359 g/mol. The van der Waals surface area contributed by atoms with Crippen molar-refractivity contribution in [3.05, 3.63) is 83.4 Å². The lowest BCUT2D eigenvalue weighted by Gasteiger charge is -2.38. The van der Waals surface area contributed by atoms with Crippen molar-refractivity contribution in [3.8, 4) is 11.8 Å². The molecule has 0 saturated carbocycles. The molecule has 5 nitrogen and oxygen atoms in total. The first-order chi connectivity index (χ1) is 13.2. The Balaban J connectivity index is 1.93. The van der Waals surface area contributed by atoms with E-state index < -0.39 is 5.60 Å². The van der Waals surface area contributed by atoms with E-state index in [1.165, 1.54) is 0 Å². The molecule has 0 spiro atoms. The molecule has 5 heteroatoms. The van der Waals surface area contributed by atoms with Gasteiger partial charge in [-0.1, -0.05) is 25.1 Å². The van der Waals surface area contributed by atoms with Crippen molar-refractivity contribution in [2.45, 2.75) is 31.6 Å². The summed E-state index contributed by atoms with van der Waals surface area (Å²) in [5, 5.41) is 9.26. The number of fused-ring (bicyclic) bond motifs is 1. The molecule has 1 aliphatic heterocycles. The fourth-order valence-corrected chi connectivity index (χ4v) is 4.12. The predicted octanol–water partition coefficient (Wildman–Crippen LogP) is 4.19. The van der Waals surface area contributed by atoms with Crippen LogP contribution in [-0.4, -0.2) is 16.7 Å². The number of methoxy groups -OCH3 is 1. The van der Waals surface area contributed by atoms with Crippen molar-refractivity contribution in [1.82, 2.24) is 9.55 Å². The molecule has 136 valence electrons. The molecule has 1 aliphatic rings. The van der Waals surface area contributed by atoms with E-state index in [4.69, 9.17) is 9.47 Å². The Labute approximate surface area is 158 Å². The number of benzene rings is 2. The molecule has 2 heterocycles. The number of nitriles is 1. The van der Waals surface area contributed by atoms with Crippen LogP contribution < -0.4 is 4.74 Å². The maximum Gasteiger partial charge on any atom is 0.139 e. The van der Waals surface area contributed by atoms with E-state index in [1.54, 1.807) is 13.3 Å². The van der Waals surface area contributed by atoms with E-state index in [0.29, 0.717) is 12.2 Å². The van der Waals surface area contributed by atoms with E-state index in [-0.39, 0.29) is 6.04 Å². The minimum absolute atomic E-state index is 0.0302. The second kappa shape index (κ2) is 6.90. The molecule has 0 radical (unpaired) electrons. The third-order valence-corrected chi connectivity index (χ3v) is 5.35. The molecule has 3 aromatic rings. The number of hydrogen-bond donors (Lipinski definition) is 0. The fourth-order valence-electron chi connectivity index (χ4n) is 4.12. The summed E-state index contributed by atoms with van der Waals surface area (Å²) in [6, 6.07) is 16.1. The van der Waals surface area contributed by atoms with Crippen LogP contribution in [0.4, 0.5) is 0 Å². The molecule has 0 amide bonds. The molecule has 0 saturated heterocycles. The molecule has 4 rings (SSSR count). The van der Waals surface area contributed by atoms with Crippen LogP contribution in [0.2, 0.25) is 0 Å². The summed E-state index contributed by atoms with van der Waals surface area (Å²) in [5.74, 6) is 0.808. The zero-order valence-corrected chi connectivity index (χ0v) is 15.4. The molecule has 0 fully saturated rings. The lowest BCUT2D eigenvalue weighted by Crippen LogP contribution is -2.37. The molecule has 0 N–H and O–H groups in total. The van der Waals surface area contributed by atoms with Gasteiger partial charge in [0.1, 0.15) is 11.4 Å². The van der Waals surface area contributed by atoms with Gasteiger partial charge in [-0.2, -0.15) is 5.26 Å². The number of rotatable bonds is 5. The van der Waals surface area contributed by atoms with Gasteiger partial charge in [-0.25, -0.2) is 4.98 Å². The molecule has 0 bridgehead atoms. The SMILES string of the molecule is CCC(n1ccnc1)C1(c2ccc(OC)cc2)OCc2cc(C#N)ccc21. The van der Waals surface area contributed by atoms with Gasteiger partial charge in [-0.3, -0.25) is 0 Å². The summed E-state index contributed by atoms with van der Waals surface area (Å²) in [6.07, 6.45) is 6.47. The summed E-state index contributed by atoms with van der Waals surface area (Å²) in [6.45, 7) is 2.63. The molecule has 2 unspecified atom stereocenters. The highest BCUT2D eigenvalue weighted by Crippen LogP contribution is 2.50. The normalized spacial score (nSPS) is 19.3. The van der Waals surface area contributed by atoms with Crippen LogP contribution in [0.5, 0.6) is 5.75 Å². The quantitative estimate of drug-likeness (QED) is 0.685. The Morgan fingerprint density at radius 1 is 1.30 bits per heavy atom. The third-order valence-electron chi connectivity index (χ3n) is 5.35. The van der Waals surface area contributed by atoms with Crippen molar-refractivity contribution in [2.75, 3.05) is 7.11 Å². The molecule has 1 aromatic heterocycles. The minimum atomic E-state index is -0.648. The van der Waals surface area contributed by atoms with Gasteiger partial charge in [0.05, 0.1) is 37.7 Å². The van der Waals surface area contributed by atoms with Gasteiger partial charge >= 0.3 is 0 Å². The first-order valence-electron chi connectivity index (χ1n) is 9.02. The average molecular weight is 359 g/mol. The van der Waals surface area contributed by atoms with Crippen LogP contribution >= 0.6 is 0 Å². The van der Waals surface area contributed by atoms with Crippen LogP contribution in [0.3, 0.4) is 0 Å². The van der Waals surface area contributed by atoms with Gasteiger partial charge in [-0.15, -0.1) is 0 Å². The molecule has 2 atom stereocenters. The minimum Gasteiger partial charge on any atom is -0.497 e. The number of imidazole rings is 1. The van der Waals surface area contributed by atoms with Crippen LogP contribution in [0.1, 0.15) is 41.6 Å². The van der Waals surface area contributed by atoms with Gasteiger partial charge in [-0.05, 0) is 47.4 Å². The zero-order valence-electron chi connectivity index (χ0n) is 15.4. The lowest BCUT2D eigenvalue weighted by molar-refractivity contribution is -0.0462. The van der Waals surface area contributed by atoms with Crippen molar-refractivity contribution in [2.24, 2.45) is 0 Å². The Morgan fingerprint density at radius 2 is 2.11 bits per heavy atom. The number of ether oxygens (including phenoxy) is 2. The van der Waals surface area contributed by atoms with Crippen molar-refractivity contribution in [3.63, 3.8) is 0 Å². The van der Waals surface area contributed by atoms with Crippen molar-refractivity contribution < 1.29 is 9.47 Å². The number of nitrogens with zero attached hydrogens (tertiary/aromatic N) is 3. The number of hydrogen-bond acceptors (Lipinski definition) is 4. The maximum atomic E-state index is 9.26. The summed E-state index contributed by atoms with van der Waals surface area (Å²) in [7, 11) is 1.66. The molecule has 0 aliphatic carbocycles. The maximum absolute atomic E-state index is 9.26. The van der Waals surface area contributed by atoms with Gasteiger partial charge < -0.3 is 14.0 Å². The highest BCUT2D eigenvalue weighted by Gasteiger charge is 2.48. The first-order valence-corrected chi connectivity index (χ1v) is 9.02. The second-order valence-corrected chi connectivity index (χ2v) is 6.67. The first kappa shape index (κ1) is 17.3. The summed E-state index contributed by atoms with van der Waals surface area (Å²) in [5.41, 5.74) is 3.23. The van der Waals surface area contributed by atoms with Gasteiger partial charge in [0.15, 0.2) is 0 Å². The van der Waals surface area contributed by atoms with E-state index in [9.17, 15) is 5.26 Å². The average Bonchev–Trinajstić information content (AvgIpc) is 3.38. The van der Waals surface area contributed by atoms with E-state index in [0.717, 1.165) is 28.9 Å². The summed E-state index contributed by atoms with van der Waals surface area (Å²) in [4.78, 5) is 4.24. The largest absolute Gasteiger partial charge is 0.497 e. The standard InChI is InChI=1S/C22H21N3O2/c1-3-21(25-11-10-24-15-25)22(18-5-7-19(26-2)8-6-18)20-9-4-16(13-23)12-17(20)14-27-22/h4-12,15,21H,3,14H2,1-2H3. The molecule has 27 heavy (non-hydrogen) atoms. The smallest absolute Gasteiger partial charge is 0.139 e. The summed E-state index contributed by atoms with van der Waals surface area (Å²) < 4.78 is 14.0. The Kier molecular flexibility index (Phi) is 4.43.